The zero-order valence-electron chi connectivity index (χ0n) is 20.8. The zero-order chi connectivity index (χ0) is 23.6. The molecule has 0 aromatic heterocycles. The molecule has 33 heavy (non-hydrogen) atoms. The van der Waals surface area contributed by atoms with Crippen LogP contribution in [-0.2, 0) is 23.9 Å². The summed E-state index contributed by atoms with van der Waals surface area (Å²) in [6, 6.07) is 0. The number of carbonyl (C=O) groups excluding carboxylic acids is 3. The molecule has 0 heterocycles. The molecule has 0 bridgehead atoms. The van der Waals surface area contributed by atoms with E-state index >= 15 is 0 Å². The predicted octanol–water partition coefficient (Wildman–Crippen LogP) is 5.80. The first kappa shape index (κ1) is 24.5. The third-order valence-corrected chi connectivity index (χ3v) is 9.49. The first-order valence-electron chi connectivity index (χ1n) is 13.5. The Morgan fingerprint density at radius 3 is 2.64 bits per heavy atom. The van der Waals surface area contributed by atoms with E-state index in [1.54, 1.807) is 0 Å². The molecule has 0 aliphatic heterocycles. The molecular weight excluding hydrogens is 416 g/mol. The number of allylic oxidation sites excluding steroid dienone is 1. The van der Waals surface area contributed by atoms with E-state index < -0.39 is 5.97 Å². The number of ketones is 1. The van der Waals surface area contributed by atoms with E-state index in [0.29, 0.717) is 48.2 Å². The van der Waals surface area contributed by atoms with E-state index in [-0.39, 0.29) is 24.1 Å². The van der Waals surface area contributed by atoms with Crippen molar-refractivity contribution in [2.24, 2.45) is 35.0 Å². The van der Waals surface area contributed by atoms with Crippen molar-refractivity contribution in [3.8, 4) is 0 Å². The third-order valence-electron chi connectivity index (χ3n) is 9.49. The van der Waals surface area contributed by atoms with Crippen LogP contribution in [0.1, 0.15) is 97.8 Å². The summed E-state index contributed by atoms with van der Waals surface area (Å²) in [4.78, 5) is 36.5. The van der Waals surface area contributed by atoms with Crippen molar-refractivity contribution in [1.82, 2.24) is 0 Å². The standard InChI is InChI=1S/C28H42O5/c1-4-6-7-8-25(30)32-17-26(31)33-27-18(5-2)16-24-23-11-9-19-15-20(29)10-12-21(19)22(23)13-14-28(24,27)3/h15,18,21-24,27H,4-14,16-17H2,1-3H3/t18-,21-,22+,23+,24-,27-,28-/m0/s1. The highest BCUT2D eigenvalue weighted by atomic mass is 16.6. The topological polar surface area (TPSA) is 69.7 Å². The Morgan fingerprint density at radius 1 is 1.06 bits per heavy atom. The fourth-order valence-electron chi connectivity index (χ4n) is 7.83. The van der Waals surface area contributed by atoms with Crippen molar-refractivity contribution in [3.05, 3.63) is 11.6 Å². The number of hydrogen-bond acceptors (Lipinski definition) is 5. The number of esters is 2. The van der Waals surface area contributed by atoms with Gasteiger partial charge in [-0.25, -0.2) is 4.79 Å². The van der Waals surface area contributed by atoms with Gasteiger partial charge < -0.3 is 9.47 Å². The molecule has 5 nitrogen and oxygen atoms in total. The van der Waals surface area contributed by atoms with Crippen LogP contribution in [-0.4, -0.2) is 30.4 Å². The monoisotopic (exact) mass is 458 g/mol. The van der Waals surface area contributed by atoms with Gasteiger partial charge in [-0.2, -0.15) is 0 Å². The van der Waals surface area contributed by atoms with Gasteiger partial charge in [0.15, 0.2) is 12.4 Å². The zero-order valence-corrected chi connectivity index (χ0v) is 20.8. The summed E-state index contributed by atoms with van der Waals surface area (Å²) < 4.78 is 11.3. The summed E-state index contributed by atoms with van der Waals surface area (Å²) in [5.41, 5.74) is 1.40. The first-order valence-corrected chi connectivity index (χ1v) is 13.5. The largest absolute Gasteiger partial charge is 0.459 e. The molecule has 3 saturated carbocycles. The number of rotatable bonds is 8. The summed E-state index contributed by atoms with van der Waals surface area (Å²) >= 11 is 0. The number of carbonyl (C=O) groups is 3. The van der Waals surface area contributed by atoms with Crippen LogP contribution >= 0.6 is 0 Å². The number of ether oxygens (including phenoxy) is 2. The van der Waals surface area contributed by atoms with Crippen molar-refractivity contribution in [1.29, 1.82) is 0 Å². The molecule has 0 saturated heterocycles. The van der Waals surface area contributed by atoms with Crippen molar-refractivity contribution in [3.63, 3.8) is 0 Å². The molecule has 0 N–H and O–H groups in total. The molecule has 0 amide bonds. The van der Waals surface area contributed by atoms with Crippen LogP contribution < -0.4 is 0 Å². The van der Waals surface area contributed by atoms with E-state index in [1.807, 2.05) is 6.08 Å². The minimum atomic E-state index is -0.397. The quantitative estimate of drug-likeness (QED) is 0.340. The minimum Gasteiger partial charge on any atom is -0.459 e. The third kappa shape index (κ3) is 4.93. The average molecular weight is 459 g/mol. The lowest BCUT2D eigenvalue weighted by molar-refractivity contribution is -0.171. The van der Waals surface area contributed by atoms with Crippen LogP contribution in [0.2, 0.25) is 0 Å². The lowest BCUT2D eigenvalue weighted by Crippen LogP contribution is -2.49. The van der Waals surface area contributed by atoms with Crippen LogP contribution in [0.4, 0.5) is 0 Å². The summed E-state index contributed by atoms with van der Waals surface area (Å²) in [7, 11) is 0. The molecule has 3 fully saturated rings. The normalized spacial score (nSPS) is 37.4. The van der Waals surface area contributed by atoms with Gasteiger partial charge in [0.2, 0.25) is 0 Å². The Labute approximate surface area is 199 Å². The Morgan fingerprint density at radius 2 is 1.88 bits per heavy atom. The van der Waals surface area contributed by atoms with E-state index in [0.717, 1.165) is 64.2 Å². The van der Waals surface area contributed by atoms with Crippen LogP contribution in [0.5, 0.6) is 0 Å². The summed E-state index contributed by atoms with van der Waals surface area (Å²) in [6.45, 7) is 6.36. The maximum Gasteiger partial charge on any atom is 0.344 e. The van der Waals surface area contributed by atoms with Crippen LogP contribution in [0.25, 0.3) is 0 Å². The molecule has 0 aromatic rings. The SMILES string of the molecule is CCCCCC(=O)OCC(=O)O[C@H]1[C@@H](CC)C[C@H]2[C@@H]3CCC4=CC(=O)CC[C@@H]4[C@H]3CC[C@@]21C. The summed E-state index contributed by atoms with van der Waals surface area (Å²) in [6.07, 6.45) is 13.4. The van der Waals surface area contributed by atoms with Crippen molar-refractivity contribution < 1.29 is 23.9 Å². The van der Waals surface area contributed by atoms with Gasteiger partial charge in [0.1, 0.15) is 6.10 Å². The first-order chi connectivity index (χ1) is 15.9. The molecule has 0 radical (unpaired) electrons. The molecular formula is C28H42O5. The van der Waals surface area contributed by atoms with Gasteiger partial charge in [-0.15, -0.1) is 0 Å². The summed E-state index contributed by atoms with van der Waals surface area (Å²) in [5, 5.41) is 0. The van der Waals surface area contributed by atoms with Gasteiger partial charge in [-0.3, -0.25) is 9.59 Å². The maximum atomic E-state index is 12.7. The molecule has 0 aromatic carbocycles. The Bertz CT molecular complexity index is 785. The highest BCUT2D eigenvalue weighted by molar-refractivity contribution is 5.91. The molecule has 5 heteroatoms. The number of fused-ring (bicyclic) bond motifs is 5. The molecule has 4 aliphatic rings. The number of hydrogen-bond donors (Lipinski definition) is 0. The Kier molecular flexibility index (Phi) is 7.65. The van der Waals surface area contributed by atoms with Gasteiger partial charge in [0.05, 0.1) is 0 Å². The number of unbranched alkanes of at least 4 members (excludes halogenated alkanes) is 2. The minimum absolute atomic E-state index is 0.00561. The lowest BCUT2D eigenvalue weighted by atomic mass is 9.52. The van der Waals surface area contributed by atoms with E-state index in [9.17, 15) is 14.4 Å². The highest BCUT2D eigenvalue weighted by Gasteiger charge is 2.60. The smallest absolute Gasteiger partial charge is 0.344 e. The Balaban J connectivity index is 1.40. The Hall–Kier alpha value is -1.65. The van der Waals surface area contributed by atoms with Crippen LogP contribution in [0, 0.1) is 35.0 Å². The van der Waals surface area contributed by atoms with E-state index in [1.165, 1.54) is 5.57 Å². The van der Waals surface area contributed by atoms with Crippen molar-refractivity contribution in [2.45, 2.75) is 104 Å². The molecule has 0 unspecified atom stereocenters. The fourth-order valence-corrected chi connectivity index (χ4v) is 7.83. The van der Waals surface area contributed by atoms with E-state index in [2.05, 4.69) is 20.8 Å². The van der Waals surface area contributed by atoms with Gasteiger partial charge in [-0.05, 0) is 87.0 Å². The lowest BCUT2D eigenvalue weighted by Gasteiger charge is -2.53. The fraction of sp³-hybridized carbons (Fsp3) is 0.821. The molecule has 184 valence electrons. The molecule has 4 rings (SSSR count). The second kappa shape index (κ2) is 10.3. The highest BCUT2D eigenvalue weighted by Crippen LogP contribution is 2.64. The van der Waals surface area contributed by atoms with Gasteiger partial charge in [0, 0.05) is 18.3 Å². The molecule has 7 atom stereocenters. The van der Waals surface area contributed by atoms with Gasteiger partial charge in [-0.1, -0.05) is 39.2 Å². The molecule has 0 spiro atoms. The average Bonchev–Trinajstić information content (AvgIpc) is 3.09. The second-order valence-corrected chi connectivity index (χ2v) is 11.3. The van der Waals surface area contributed by atoms with Gasteiger partial charge in [0.25, 0.3) is 0 Å². The second-order valence-electron chi connectivity index (χ2n) is 11.3. The molecule has 4 aliphatic carbocycles. The van der Waals surface area contributed by atoms with E-state index in [4.69, 9.17) is 9.47 Å². The maximum absolute atomic E-state index is 12.7. The van der Waals surface area contributed by atoms with Gasteiger partial charge >= 0.3 is 11.9 Å². The summed E-state index contributed by atoms with van der Waals surface area (Å²) in [5.74, 6) is 2.46. The van der Waals surface area contributed by atoms with Crippen molar-refractivity contribution in [2.75, 3.05) is 6.61 Å². The predicted molar refractivity (Wildman–Crippen MR) is 126 cm³/mol. The van der Waals surface area contributed by atoms with Crippen molar-refractivity contribution >= 4 is 17.7 Å². The van der Waals surface area contributed by atoms with Crippen LogP contribution in [0.3, 0.4) is 0 Å². The van der Waals surface area contributed by atoms with Crippen LogP contribution in [0.15, 0.2) is 11.6 Å².